The minimum Gasteiger partial charge on any atom is -0.396 e. The van der Waals surface area contributed by atoms with Crippen LogP contribution in [0.3, 0.4) is 0 Å². The molecule has 0 aromatic rings. The number of unbranched alkanes of at least 4 members (excludes halogenated alkanes) is 11. The molecule has 0 unspecified atom stereocenters. The first-order chi connectivity index (χ1) is 7.91. The zero-order chi connectivity index (χ0) is 11.9. The van der Waals surface area contributed by atoms with E-state index in [0.29, 0.717) is 13.2 Å². The average Bonchev–Trinajstić information content (AvgIpc) is 2.31. The Labute approximate surface area is 107 Å². The van der Waals surface area contributed by atoms with Gasteiger partial charge in [0.25, 0.3) is 0 Å². The lowest BCUT2D eigenvalue weighted by Gasteiger charge is -2.02. The summed E-state index contributed by atoms with van der Waals surface area (Å²) in [6.45, 7) is 0.710. The van der Waals surface area contributed by atoms with Gasteiger partial charge < -0.3 is 16.4 Å². The molecule has 0 rings (SSSR count). The minimum absolute atomic E-state index is 0. The fourth-order valence-corrected chi connectivity index (χ4v) is 1.99. The summed E-state index contributed by atoms with van der Waals surface area (Å²) < 4.78 is 0. The Morgan fingerprint density at radius 3 is 0.706 bits per heavy atom. The van der Waals surface area contributed by atoms with E-state index in [1.807, 2.05) is 0 Å². The highest BCUT2D eigenvalue weighted by Crippen LogP contribution is 2.11. The molecule has 0 fully saturated rings. The van der Waals surface area contributed by atoms with E-state index in [2.05, 4.69) is 0 Å². The van der Waals surface area contributed by atoms with E-state index in [-0.39, 0.29) is 6.15 Å². The summed E-state index contributed by atoms with van der Waals surface area (Å²) in [5, 5.41) is 17.2. The second-order valence-electron chi connectivity index (χ2n) is 4.69. The Hall–Kier alpha value is -0.120. The molecule has 0 heterocycles. The van der Waals surface area contributed by atoms with E-state index in [0.717, 1.165) is 12.8 Å². The van der Waals surface area contributed by atoms with Gasteiger partial charge in [0.05, 0.1) is 0 Å². The molecule has 106 valence electrons. The zero-order valence-corrected chi connectivity index (χ0v) is 11.5. The molecule has 0 aromatic heterocycles. The fourth-order valence-electron chi connectivity index (χ4n) is 1.99. The van der Waals surface area contributed by atoms with Crippen molar-refractivity contribution in [1.82, 2.24) is 6.15 Å². The molecular formula is C14H33NO2. The lowest BCUT2D eigenvalue weighted by atomic mass is 10.1. The quantitative estimate of drug-likeness (QED) is 0.433. The third kappa shape index (κ3) is 18.4. The first-order valence-electron chi connectivity index (χ1n) is 7.13. The number of rotatable bonds is 13. The summed E-state index contributed by atoms with van der Waals surface area (Å²) in [7, 11) is 0. The third-order valence-electron chi connectivity index (χ3n) is 3.07. The molecule has 0 aromatic carbocycles. The molecule has 0 bridgehead atoms. The molecule has 0 saturated carbocycles. The SMILES string of the molecule is N.OCCCCCCCCCCCCCCO. The highest BCUT2D eigenvalue weighted by molar-refractivity contribution is 4.48. The van der Waals surface area contributed by atoms with Gasteiger partial charge in [0, 0.05) is 13.2 Å². The van der Waals surface area contributed by atoms with Crippen LogP contribution < -0.4 is 6.15 Å². The Morgan fingerprint density at radius 1 is 0.353 bits per heavy atom. The number of aliphatic hydroxyl groups excluding tert-OH is 2. The fraction of sp³-hybridized carbons (Fsp3) is 1.00. The van der Waals surface area contributed by atoms with E-state index >= 15 is 0 Å². The summed E-state index contributed by atoms with van der Waals surface area (Å²) in [5.41, 5.74) is 0. The third-order valence-corrected chi connectivity index (χ3v) is 3.07. The van der Waals surface area contributed by atoms with Crippen LogP contribution >= 0.6 is 0 Å². The summed E-state index contributed by atoms with van der Waals surface area (Å²) in [6.07, 6.45) is 15.1. The maximum Gasteiger partial charge on any atom is 0.0431 e. The summed E-state index contributed by atoms with van der Waals surface area (Å²) in [4.78, 5) is 0. The molecule has 0 radical (unpaired) electrons. The Kier molecular flexibility index (Phi) is 20.6. The predicted octanol–water partition coefficient (Wildman–Crippen LogP) is 3.81. The van der Waals surface area contributed by atoms with Gasteiger partial charge in [-0.2, -0.15) is 0 Å². The van der Waals surface area contributed by atoms with E-state index in [9.17, 15) is 0 Å². The smallest absolute Gasteiger partial charge is 0.0431 e. The molecule has 0 aliphatic carbocycles. The Morgan fingerprint density at radius 2 is 0.529 bits per heavy atom. The second-order valence-corrected chi connectivity index (χ2v) is 4.69. The van der Waals surface area contributed by atoms with E-state index in [1.165, 1.54) is 64.2 Å². The molecule has 0 spiro atoms. The van der Waals surface area contributed by atoms with Crippen LogP contribution in [0, 0.1) is 0 Å². The normalized spacial score (nSPS) is 10.2. The van der Waals surface area contributed by atoms with Gasteiger partial charge in [-0.25, -0.2) is 0 Å². The van der Waals surface area contributed by atoms with Crippen molar-refractivity contribution in [2.24, 2.45) is 0 Å². The largest absolute Gasteiger partial charge is 0.396 e. The molecule has 0 amide bonds. The van der Waals surface area contributed by atoms with Gasteiger partial charge in [-0.3, -0.25) is 0 Å². The number of hydrogen-bond acceptors (Lipinski definition) is 3. The van der Waals surface area contributed by atoms with Crippen LogP contribution in [0.15, 0.2) is 0 Å². The van der Waals surface area contributed by atoms with Crippen molar-refractivity contribution in [3.8, 4) is 0 Å². The van der Waals surface area contributed by atoms with Crippen molar-refractivity contribution >= 4 is 0 Å². The Balaban J connectivity index is 0. The van der Waals surface area contributed by atoms with Crippen LogP contribution in [-0.4, -0.2) is 23.4 Å². The van der Waals surface area contributed by atoms with Gasteiger partial charge in [-0.05, 0) is 12.8 Å². The van der Waals surface area contributed by atoms with Crippen molar-refractivity contribution in [2.75, 3.05) is 13.2 Å². The molecule has 0 atom stereocenters. The van der Waals surface area contributed by atoms with Crippen LogP contribution in [0.25, 0.3) is 0 Å². The van der Waals surface area contributed by atoms with Crippen LogP contribution in [0.2, 0.25) is 0 Å². The predicted molar refractivity (Wildman–Crippen MR) is 74.6 cm³/mol. The van der Waals surface area contributed by atoms with Crippen molar-refractivity contribution in [2.45, 2.75) is 77.0 Å². The van der Waals surface area contributed by atoms with Crippen molar-refractivity contribution < 1.29 is 10.2 Å². The van der Waals surface area contributed by atoms with Gasteiger partial charge in [0.15, 0.2) is 0 Å². The van der Waals surface area contributed by atoms with E-state index in [1.54, 1.807) is 0 Å². The molecule has 17 heavy (non-hydrogen) atoms. The zero-order valence-electron chi connectivity index (χ0n) is 11.5. The number of hydrogen-bond donors (Lipinski definition) is 3. The topological polar surface area (TPSA) is 75.5 Å². The highest BCUT2D eigenvalue weighted by Gasteiger charge is 1.93. The molecule has 0 aliphatic heterocycles. The Bertz CT molecular complexity index is 107. The lowest BCUT2D eigenvalue weighted by Crippen LogP contribution is -1.85. The number of aliphatic hydroxyl groups is 2. The average molecular weight is 247 g/mol. The highest BCUT2D eigenvalue weighted by atomic mass is 16.3. The molecule has 0 saturated heterocycles. The van der Waals surface area contributed by atoms with E-state index < -0.39 is 0 Å². The lowest BCUT2D eigenvalue weighted by molar-refractivity contribution is 0.281. The van der Waals surface area contributed by atoms with Crippen LogP contribution in [0.4, 0.5) is 0 Å². The minimum atomic E-state index is 0. The van der Waals surface area contributed by atoms with Crippen molar-refractivity contribution in [3.63, 3.8) is 0 Å². The second kappa shape index (κ2) is 18.3. The molecular weight excluding hydrogens is 214 g/mol. The first-order valence-corrected chi connectivity index (χ1v) is 7.13. The summed E-state index contributed by atoms with van der Waals surface area (Å²) >= 11 is 0. The van der Waals surface area contributed by atoms with Gasteiger partial charge in [-0.1, -0.05) is 64.2 Å². The van der Waals surface area contributed by atoms with Crippen LogP contribution in [0.5, 0.6) is 0 Å². The van der Waals surface area contributed by atoms with Gasteiger partial charge in [-0.15, -0.1) is 0 Å². The van der Waals surface area contributed by atoms with Crippen LogP contribution in [-0.2, 0) is 0 Å². The van der Waals surface area contributed by atoms with Crippen LogP contribution in [0.1, 0.15) is 77.0 Å². The van der Waals surface area contributed by atoms with Gasteiger partial charge in [0.1, 0.15) is 0 Å². The first kappa shape index (κ1) is 19.2. The van der Waals surface area contributed by atoms with Crippen molar-refractivity contribution in [1.29, 1.82) is 0 Å². The van der Waals surface area contributed by atoms with Gasteiger partial charge in [0.2, 0.25) is 0 Å². The maximum atomic E-state index is 8.61. The summed E-state index contributed by atoms with van der Waals surface area (Å²) in [5.74, 6) is 0. The van der Waals surface area contributed by atoms with Crippen molar-refractivity contribution in [3.05, 3.63) is 0 Å². The standard InChI is InChI=1S/C14H30O2.H3N/c15-13-11-9-7-5-3-1-2-4-6-8-10-12-14-16;/h15-16H,1-14H2;1H3. The molecule has 3 nitrogen and oxygen atoms in total. The monoisotopic (exact) mass is 247 g/mol. The van der Waals surface area contributed by atoms with Gasteiger partial charge >= 0.3 is 0 Å². The molecule has 5 N–H and O–H groups in total. The molecule has 3 heteroatoms. The molecule has 0 aliphatic rings. The summed E-state index contributed by atoms with van der Waals surface area (Å²) in [6, 6.07) is 0. The van der Waals surface area contributed by atoms with E-state index in [4.69, 9.17) is 10.2 Å². The maximum absolute atomic E-state index is 8.61.